The highest BCUT2D eigenvalue weighted by Crippen LogP contribution is 2.27. The van der Waals surface area contributed by atoms with Crippen LogP contribution in [0.25, 0.3) is 16.6 Å². The largest absolute Gasteiger partial charge is 0.324 e. The van der Waals surface area contributed by atoms with Crippen molar-refractivity contribution in [3.8, 4) is 11.8 Å². The van der Waals surface area contributed by atoms with Crippen molar-refractivity contribution in [1.29, 1.82) is 5.26 Å². The minimum Gasteiger partial charge on any atom is -0.324 e. The molecule has 32 heavy (non-hydrogen) atoms. The summed E-state index contributed by atoms with van der Waals surface area (Å²) in [6.07, 6.45) is 0. The molecule has 4 rings (SSSR count). The van der Waals surface area contributed by atoms with Crippen molar-refractivity contribution < 1.29 is 4.79 Å². The second kappa shape index (κ2) is 10.2. The molecule has 0 unspecified atom stereocenters. The first-order chi connectivity index (χ1) is 15.7. The van der Waals surface area contributed by atoms with Crippen LogP contribution in [0.2, 0.25) is 0 Å². The Morgan fingerprint density at radius 2 is 1.69 bits per heavy atom. The van der Waals surface area contributed by atoms with Crippen molar-refractivity contribution in [3.05, 3.63) is 89.2 Å². The lowest BCUT2D eigenvalue weighted by atomic mass is 10.2. The third kappa shape index (κ3) is 4.85. The standard InChI is InChI=1S/C24H18N4O2S2/c25-14-15-31-21-13-7-6-12-20(21)26-22(29)16-32-24-27-19-11-5-4-10-18(19)23(30)28(24)17-8-2-1-3-9-17/h1-13H,15-16H2,(H,26,29). The van der Waals surface area contributed by atoms with E-state index in [1.54, 1.807) is 18.2 Å². The molecule has 4 aromatic rings. The Labute approximate surface area is 193 Å². The SMILES string of the molecule is N#CCSc1ccccc1NC(=O)CSc1nc2ccccc2c(=O)n1-c1ccccc1. The summed E-state index contributed by atoms with van der Waals surface area (Å²) >= 11 is 2.57. The molecule has 0 fully saturated rings. The van der Waals surface area contributed by atoms with Crippen LogP contribution in [0.15, 0.2) is 93.7 Å². The fourth-order valence-corrected chi connectivity index (χ4v) is 4.62. The fourth-order valence-electron chi connectivity index (χ4n) is 3.14. The minimum absolute atomic E-state index is 0.0782. The number of nitrogens with zero attached hydrogens (tertiary/aromatic N) is 3. The number of carbonyl (C=O) groups is 1. The molecular weight excluding hydrogens is 440 g/mol. The number of benzene rings is 3. The van der Waals surface area contributed by atoms with E-state index >= 15 is 0 Å². The highest BCUT2D eigenvalue weighted by atomic mass is 32.2. The summed E-state index contributed by atoms with van der Waals surface area (Å²) in [6.45, 7) is 0. The molecule has 3 aromatic carbocycles. The van der Waals surface area contributed by atoms with Gasteiger partial charge in [-0.2, -0.15) is 5.26 Å². The van der Waals surface area contributed by atoms with Gasteiger partial charge in [0.15, 0.2) is 5.16 Å². The Morgan fingerprint density at radius 3 is 2.50 bits per heavy atom. The Morgan fingerprint density at radius 1 is 0.969 bits per heavy atom. The van der Waals surface area contributed by atoms with E-state index in [2.05, 4.69) is 16.4 Å². The van der Waals surface area contributed by atoms with Gasteiger partial charge in [-0.25, -0.2) is 4.98 Å². The first-order valence-corrected chi connectivity index (χ1v) is 11.7. The Balaban J connectivity index is 1.61. The average molecular weight is 459 g/mol. The highest BCUT2D eigenvalue weighted by molar-refractivity contribution is 8.00. The first-order valence-electron chi connectivity index (χ1n) is 9.76. The van der Waals surface area contributed by atoms with Gasteiger partial charge in [0.25, 0.3) is 5.56 Å². The van der Waals surface area contributed by atoms with Gasteiger partial charge in [0.1, 0.15) is 0 Å². The zero-order chi connectivity index (χ0) is 22.3. The second-order valence-corrected chi connectivity index (χ2v) is 8.63. The van der Waals surface area contributed by atoms with E-state index in [-0.39, 0.29) is 17.2 Å². The number of rotatable bonds is 7. The maximum atomic E-state index is 13.2. The van der Waals surface area contributed by atoms with Crippen LogP contribution in [0.4, 0.5) is 5.69 Å². The fraction of sp³-hybridized carbons (Fsp3) is 0.0833. The summed E-state index contributed by atoms with van der Waals surface area (Å²) < 4.78 is 1.54. The van der Waals surface area contributed by atoms with Crippen LogP contribution in [0, 0.1) is 11.3 Å². The number of fused-ring (bicyclic) bond motifs is 1. The van der Waals surface area contributed by atoms with E-state index in [1.807, 2.05) is 60.7 Å². The predicted octanol–water partition coefficient (Wildman–Crippen LogP) is 4.73. The topological polar surface area (TPSA) is 87.8 Å². The van der Waals surface area contributed by atoms with E-state index in [4.69, 9.17) is 5.26 Å². The number of thioether (sulfide) groups is 2. The third-order valence-corrected chi connectivity index (χ3v) is 6.42. The minimum atomic E-state index is -0.220. The van der Waals surface area contributed by atoms with Gasteiger partial charge in [0.05, 0.1) is 39.9 Å². The quantitative estimate of drug-likeness (QED) is 0.318. The van der Waals surface area contributed by atoms with Crippen LogP contribution in [-0.2, 0) is 4.79 Å². The molecule has 0 saturated carbocycles. The molecular formula is C24H18N4O2S2. The van der Waals surface area contributed by atoms with Gasteiger partial charge >= 0.3 is 0 Å². The molecule has 0 atom stereocenters. The number of amides is 1. The molecule has 158 valence electrons. The van der Waals surface area contributed by atoms with Gasteiger partial charge in [-0.05, 0) is 36.4 Å². The highest BCUT2D eigenvalue weighted by Gasteiger charge is 2.15. The van der Waals surface area contributed by atoms with Crippen molar-refractivity contribution in [1.82, 2.24) is 9.55 Å². The molecule has 6 nitrogen and oxygen atoms in total. The number of nitrogens with one attached hydrogen (secondary N) is 1. The number of carbonyl (C=O) groups excluding carboxylic acids is 1. The molecule has 1 amide bonds. The van der Waals surface area contributed by atoms with Crippen molar-refractivity contribution in [2.45, 2.75) is 10.1 Å². The van der Waals surface area contributed by atoms with Gasteiger partial charge in [0.2, 0.25) is 5.91 Å². The maximum absolute atomic E-state index is 13.2. The van der Waals surface area contributed by atoms with Gasteiger partial charge in [-0.15, -0.1) is 11.8 Å². The number of hydrogen-bond donors (Lipinski definition) is 1. The first kappa shape index (κ1) is 21.7. The Kier molecular flexibility index (Phi) is 6.90. The zero-order valence-corrected chi connectivity index (χ0v) is 18.5. The van der Waals surface area contributed by atoms with E-state index in [1.165, 1.54) is 28.1 Å². The molecule has 0 aliphatic heterocycles. The molecule has 1 aromatic heterocycles. The molecule has 0 radical (unpaired) electrons. The van der Waals surface area contributed by atoms with Crippen LogP contribution < -0.4 is 10.9 Å². The summed E-state index contributed by atoms with van der Waals surface area (Å²) in [5.74, 6) is 0.156. The van der Waals surface area contributed by atoms with Crippen LogP contribution in [0.1, 0.15) is 0 Å². The van der Waals surface area contributed by atoms with E-state index in [0.29, 0.717) is 33.2 Å². The van der Waals surface area contributed by atoms with Crippen LogP contribution in [0.5, 0.6) is 0 Å². The number of aromatic nitrogens is 2. The van der Waals surface area contributed by atoms with E-state index in [9.17, 15) is 9.59 Å². The molecule has 0 aliphatic carbocycles. The van der Waals surface area contributed by atoms with Crippen LogP contribution >= 0.6 is 23.5 Å². The average Bonchev–Trinajstić information content (AvgIpc) is 2.83. The normalized spacial score (nSPS) is 10.6. The lowest BCUT2D eigenvalue weighted by Crippen LogP contribution is -2.23. The van der Waals surface area contributed by atoms with Crippen molar-refractivity contribution in [3.63, 3.8) is 0 Å². The van der Waals surface area contributed by atoms with Gasteiger partial charge in [-0.3, -0.25) is 14.2 Å². The summed E-state index contributed by atoms with van der Waals surface area (Å²) in [5, 5.41) is 12.7. The van der Waals surface area contributed by atoms with E-state index in [0.717, 1.165) is 4.90 Å². The van der Waals surface area contributed by atoms with Crippen molar-refractivity contribution >= 4 is 46.0 Å². The monoisotopic (exact) mass is 458 g/mol. The summed E-state index contributed by atoms with van der Waals surface area (Å²) in [5.41, 5.74) is 1.76. The predicted molar refractivity (Wildman–Crippen MR) is 129 cm³/mol. The molecule has 1 heterocycles. The Hall–Kier alpha value is -3.54. The lowest BCUT2D eigenvalue weighted by Gasteiger charge is -2.13. The lowest BCUT2D eigenvalue weighted by molar-refractivity contribution is -0.113. The number of nitriles is 1. The number of anilines is 1. The summed E-state index contributed by atoms with van der Waals surface area (Å²) in [7, 11) is 0. The van der Waals surface area contributed by atoms with Gasteiger partial charge in [0, 0.05) is 4.90 Å². The van der Waals surface area contributed by atoms with Crippen LogP contribution in [0.3, 0.4) is 0 Å². The van der Waals surface area contributed by atoms with Crippen molar-refractivity contribution in [2.24, 2.45) is 0 Å². The second-order valence-electron chi connectivity index (χ2n) is 6.67. The molecule has 0 bridgehead atoms. The molecule has 0 saturated heterocycles. The van der Waals surface area contributed by atoms with Crippen molar-refractivity contribution in [2.75, 3.05) is 16.8 Å². The summed E-state index contributed by atoms with van der Waals surface area (Å²) in [6, 6.07) is 25.9. The number of hydrogen-bond acceptors (Lipinski definition) is 6. The third-order valence-electron chi connectivity index (χ3n) is 4.55. The molecule has 1 N–H and O–H groups in total. The molecule has 0 spiro atoms. The number of para-hydroxylation sites is 3. The zero-order valence-electron chi connectivity index (χ0n) is 16.9. The maximum Gasteiger partial charge on any atom is 0.266 e. The van der Waals surface area contributed by atoms with E-state index < -0.39 is 0 Å². The Bertz CT molecular complexity index is 1360. The smallest absolute Gasteiger partial charge is 0.266 e. The summed E-state index contributed by atoms with van der Waals surface area (Å²) in [4.78, 5) is 31.4. The van der Waals surface area contributed by atoms with Crippen LogP contribution in [-0.4, -0.2) is 27.0 Å². The van der Waals surface area contributed by atoms with Gasteiger partial charge in [-0.1, -0.05) is 54.2 Å². The molecule has 0 aliphatic rings. The van der Waals surface area contributed by atoms with Gasteiger partial charge < -0.3 is 5.32 Å². The molecule has 8 heteroatoms.